The van der Waals surface area contributed by atoms with Gasteiger partial charge in [0.15, 0.2) is 11.5 Å². The van der Waals surface area contributed by atoms with Gasteiger partial charge in [0.2, 0.25) is 0 Å². The van der Waals surface area contributed by atoms with Crippen LogP contribution in [0.2, 0.25) is 0 Å². The minimum Gasteiger partial charge on any atom is -0.386 e. The van der Waals surface area contributed by atoms with Gasteiger partial charge in [-0.05, 0) is 50.9 Å². The largest absolute Gasteiger partial charge is 0.386 e. The molecule has 5 heterocycles. The Kier molecular flexibility index (Phi) is 4.49. The summed E-state index contributed by atoms with van der Waals surface area (Å²) in [7, 11) is 0. The van der Waals surface area contributed by atoms with Gasteiger partial charge in [0.25, 0.3) is 0 Å². The molecule has 1 atom stereocenters. The molecule has 0 spiro atoms. The number of aromatic nitrogens is 4. The molecule has 8 heteroatoms. The molecule has 3 aliphatic rings. The Morgan fingerprint density at radius 1 is 1.11 bits per heavy atom. The minimum atomic E-state index is -0.666. The van der Waals surface area contributed by atoms with Crippen LogP contribution < -0.4 is 4.90 Å². The fourth-order valence-electron chi connectivity index (χ4n) is 4.65. The number of fused-ring (bicyclic) bond motifs is 1. The Labute approximate surface area is 159 Å². The van der Waals surface area contributed by atoms with Gasteiger partial charge in [0, 0.05) is 38.6 Å². The highest BCUT2D eigenvalue weighted by Crippen LogP contribution is 2.29. The van der Waals surface area contributed by atoms with E-state index in [9.17, 15) is 5.11 Å². The van der Waals surface area contributed by atoms with Gasteiger partial charge in [0.1, 0.15) is 11.4 Å². The molecule has 0 bridgehead atoms. The van der Waals surface area contributed by atoms with E-state index in [4.69, 9.17) is 9.84 Å². The smallest absolute Gasteiger partial charge is 0.178 e. The average Bonchev–Trinajstić information content (AvgIpc) is 3.42. The van der Waals surface area contributed by atoms with Crippen LogP contribution in [0.3, 0.4) is 0 Å². The molecule has 146 valence electrons. The van der Waals surface area contributed by atoms with Crippen LogP contribution in [-0.4, -0.2) is 81.4 Å². The minimum absolute atomic E-state index is 0.368. The number of hydrogen-bond donors (Lipinski definition) is 1. The Bertz CT molecular complexity index is 789. The Morgan fingerprint density at radius 2 is 1.93 bits per heavy atom. The molecule has 0 aromatic carbocycles. The molecule has 2 aromatic heterocycles. The maximum Gasteiger partial charge on any atom is 0.178 e. The zero-order chi connectivity index (χ0) is 18.3. The molecule has 1 unspecified atom stereocenters. The fourth-order valence-corrected chi connectivity index (χ4v) is 4.65. The van der Waals surface area contributed by atoms with Crippen LogP contribution in [0, 0.1) is 0 Å². The molecule has 27 heavy (non-hydrogen) atoms. The van der Waals surface area contributed by atoms with Crippen LogP contribution in [0.15, 0.2) is 12.1 Å². The van der Waals surface area contributed by atoms with Crippen molar-refractivity contribution < 1.29 is 9.84 Å². The van der Waals surface area contributed by atoms with Gasteiger partial charge in [-0.25, -0.2) is 0 Å². The lowest BCUT2D eigenvalue weighted by Gasteiger charge is -2.35. The Morgan fingerprint density at radius 3 is 2.67 bits per heavy atom. The van der Waals surface area contributed by atoms with Crippen molar-refractivity contribution in [3.8, 4) is 0 Å². The average molecular weight is 372 g/mol. The fraction of sp³-hybridized carbons (Fsp3) is 0.737. The van der Waals surface area contributed by atoms with Gasteiger partial charge in [0.05, 0.1) is 6.61 Å². The van der Waals surface area contributed by atoms with Crippen LogP contribution in [0.25, 0.3) is 5.65 Å². The SMILES string of the molecule is OC1(CN2CCC(c3nnc4ccc(N5CCCC5)nn34)CC2)CCOC1. The van der Waals surface area contributed by atoms with Crippen LogP contribution in [0.1, 0.15) is 43.8 Å². The summed E-state index contributed by atoms with van der Waals surface area (Å²) in [4.78, 5) is 4.70. The van der Waals surface area contributed by atoms with Gasteiger partial charge in [-0.15, -0.1) is 15.3 Å². The van der Waals surface area contributed by atoms with Crippen LogP contribution in [-0.2, 0) is 4.74 Å². The monoisotopic (exact) mass is 372 g/mol. The number of rotatable bonds is 4. The first-order chi connectivity index (χ1) is 13.2. The first kappa shape index (κ1) is 17.3. The molecule has 2 aromatic rings. The zero-order valence-electron chi connectivity index (χ0n) is 15.8. The maximum absolute atomic E-state index is 10.6. The first-order valence-electron chi connectivity index (χ1n) is 10.2. The Balaban J connectivity index is 1.29. The lowest BCUT2D eigenvalue weighted by molar-refractivity contribution is -0.00986. The second-order valence-corrected chi connectivity index (χ2v) is 8.29. The van der Waals surface area contributed by atoms with E-state index < -0.39 is 5.60 Å². The van der Waals surface area contributed by atoms with Crippen molar-refractivity contribution in [1.82, 2.24) is 24.7 Å². The molecule has 3 aliphatic heterocycles. The van der Waals surface area contributed by atoms with Gasteiger partial charge in [-0.1, -0.05) is 0 Å². The number of anilines is 1. The normalized spacial score (nSPS) is 27.8. The van der Waals surface area contributed by atoms with Crippen LogP contribution in [0.4, 0.5) is 5.82 Å². The summed E-state index contributed by atoms with van der Waals surface area (Å²) in [6.45, 7) is 5.94. The third kappa shape index (κ3) is 3.41. The molecular weight excluding hydrogens is 344 g/mol. The summed E-state index contributed by atoms with van der Waals surface area (Å²) < 4.78 is 7.32. The summed E-state index contributed by atoms with van der Waals surface area (Å²) >= 11 is 0. The molecule has 3 saturated heterocycles. The topological polar surface area (TPSA) is 79.0 Å². The zero-order valence-corrected chi connectivity index (χ0v) is 15.8. The Hall–Kier alpha value is -1.77. The van der Waals surface area contributed by atoms with E-state index in [1.807, 2.05) is 10.6 Å². The van der Waals surface area contributed by atoms with E-state index in [0.717, 1.165) is 62.7 Å². The van der Waals surface area contributed by atoms with E-state index in [1.165, 1.54) is 12.8 Å². The standard InChI is InChI=1S/C19H28N6O2/c26-19(7-12-27-14-19)13-23-10-5-15(6-11-23)18-21-20-16-3-4-17(22-25(16)18)24-8-1-2-9-24/h3-4,15,26H,1-2,5-14H2. The van der Waals surface area contributed by atoms with E-state index in [-0.39, 0.29) is 0 Å². The van der Waals surface area contributed by atoms with E-state index in [1.54, 1.807) is 0 Å². The summed E-state index contributed by atoms with van der Waals surface area (Å²) in [5.74, 6) is 2.38. The van der Waals surface area contributed by atoms with Crippen molar-refractivity contribution >= 4 is 11.5 Å². The first-order valence-corrected chi connectivity index (χ1v) is 10.2. The molecule has 0 saturated carbocycles. The third-order valence-electron chi connectivity index (χ3n) is 6.26. The maximum atomic E-state index is 10.6. The molecule has 0 amide bonds. The highest BCUT2D eigenvalue weighted by atomic mass is 16.5. The molecule has 1 N–H and O–H groups in total. The van der Waals surface area contributed by atoms with E-state index in [0.29, 0.717) is 25.7 Å². The number of hydrogen-bond acceptors (Lipinski definition) is 7. The van der Waals surface area contributed by atoms with Crippen LogP contribution >= 0.6 is 0 Å². The van der Waals surface area contributed by atoms with Crippen molar-refractivity contribution in [3.05, 3.63) is 18.0 Å². The van der Waals surface area contributed by atoms with Crippen LogP contribution in [0.5, 0.6) is 0 Å². The number of nitrogens with zero attached hydrogens (tertiary/aromatic N) is 6. The lowest BCUT2D eigenvalue weighted by Crippen LogP contribution is -2.46. The second-order valence-electron chi connectivity index (χ2n) is 8.29. The number of ether oxygens (including phenoxy) is 1. The number of β-amino-alcohol motifs (C(OH)–C–C–N with tert-alkyl or cyclic N) is 1. The summed E-state index contributed by atoms with van der Waals surface area (Å²) in [6.07, 6.45) is 5.26. The molecule has 5 rings (SSSR count). The quantitative estimate of drug-likeness (QED) is 0.859. The second kappa shape index (κ2) is 7.00. The lowest BCUT2D eigenvalue weighted by atomic mass is 9.94. The highest BCUT2D eigenvalue weighted by Gasteiger charge is 2.36. The number of aliphatic hydroxyl groups is 1. The van der Waals surface area contributed by atoms with Crippen molar-refractivity contribution in [3.63, 3.8) is 0 Å². The number of piperidine rings is 1. The van der Waals surface area contributed by atoms with Gasteiger partial charge < -0.3 is 19.6 Å². The van der Waals surface area contributed by atoms with E-state index in [2.05, 4.69) is 26.1 Å². The predicted molar refractivity (Wildman–Crippen MR) is 101 cm³/mol. The van der Waals surface area contributed by atoms with Crippen molar-refractivity contribution in [2.45, 2.75) is 43.6 Å². The molecule has 0 aliphatic carbocycles. The molecule has 0 radical (unpaired) electrons. The van der Waals surface area contributed by atoms with Gasteiger partial charge in [-0.2, -0.15) is 4.52 Å². The summed E-state index contributed by atoms with van der Waals surface area (Å²) in [6, 6.07) is 4.09. The highest BCUT2D eigenvalue weighted by molar-refractivity contribution is 5.46. The van der Waals surface area contributed by atoms with Crippen molar-refractivity contribution in [2.75, 3.05) is 50.8 Å². The third-order valence-corrected chi connectivity index (χ3v) is 6.26. The summed E-state index contributed by atoms with van der Waals surface area (Å²) in [5.41, 5.74) is 0.161. The number of likely N-dealkylation sites (tertiary alicyclic amines) is 1. The molecule has 8 nitrogen and oxygen atoms in total. The molecular formula is C19H28N6O2. The molecule has 3 fully saturated rings. The van der Waals surface area contributed by atoms with E-state index >= 15 is 0 Å². The van der Waals surface area contributed by atoms with Gasteiger partial charge in [-0.3, -0.25) is 0 Å². The van der Waals surface area contributed by atoms with Gasteiger partial charge >= 0.3 is 0 Å². The van der Waals surface area contributed by atoms with Crippen molar-refractivity contribution in [1.29, 1.82) is 0 Å². The summed E-state index contributed by atoms with van der Waals surface area (Å²) in [5, 5.41) is 24.2. The van der Waals surface area contributed by atoms with Crippen molar-refractivity contribution in [2.24, 2.45) is 0 Å². The predicted octanol–water partition coefficient (Wildman–Crippen LogP) is 1.06.